The van der Waals surface area contributed by atoms with Gasteiger partial charge in [-0.3, -0.25) is 12.2 Å². The molecule has 0 nitrogen and oxygen atoms in total. The Morgan fingerprint density at radius 1 is 0.909 bits per heavy atom. The van der Waals surface area contributed by atoms with Gasteiger partial charge in [-0.15, -0.1) is 12.8 Å². The molecule has 0 aromatic rings. The Balaban J connectivity index is 0.000000326. The van der Waals surface area contributed by atoms with E-state index in [4.69, 9.17) is 0 Å². The van der Waals surface area contributed by atoms with Crippen molar-refractivity contribution in [2.45, 2.75) is 79.1 Å². The summed E-state index contributed by atoms with van der Waals surface area (Å²) in [6.45, 7) is 8.70. The van der Waals surface area contributed by atoms with E-state index in [-0.39, 0.29) is 0 Å². The van der Waals surface area contributed by atoms with Gasteiger partial charge >= 0.3 is 41.3 Å². The zero-order valence-corrected chi connectivity index (χ0v) is 17.4. The van der Waals surface area contributed by atoms with E-state index in [9.17, 15) is 0 Å². The molecule has 2 aliphatic rings. The molecule has 0 saturated carbocycles. The minimum atomic E-state index is 1.04. The Morgan fingerprint density at radius 2 is 1.27 bits per heavy atom. The van der Waals surface area contributed by atoms with Crippen molar-refractivity contribution in [2.75, 3.05) is 0 Å². The third-order valence-corrected chi connectivity index (χ3v) is 3.18. The molecule has 22 heavy (non-hydrogen) atoms. The van der Waals surface area contributed by atoms with Gasteiger partial charge in [0.1, 0.15) is 0 Å². The van der Waals surface area contributed by atoms with Crippen LogP contribution in [0.1, 0.15) is 79.1 Å². The summed E-state index contributed by atoms with van der Waals surface area (Å²) in [4.78, 5) is 0. The molecule has 0 amide bonds. The van der Waals surface area contributed by atoms with Crippen LogP contribution in [0.2, 0.25) is 0 Å². The summed E-state index contributed by atoms with van der Waals surface area (Å²) in [6, 6.07) is 0. The quantitative estimate of drug-likeness (QED) is 0.466. The first-order valence-electron chi connectivity index (χ1n) is 8.63. The summed E-state index contributed by atoms with van der Waals surface area (Å²) < 4.78 is 1.51. The number of hydrogen-bond donors (Lipinski definition) is 0. The predicted molar refractivity (Wildman–Crippen MR) is 96.4 cm³/mol. The van der Waals surface area contributed by atoms with Gasteiger partial charge in [0.15, 0.2) is 0 Å². The van der Waals surface area contributed by atoms with Crippen molar-refractivity contribution in [1.82, 2.24) is 0 Å². The molecule has 0 aliphatic heterocycles. The molecule has 0 aromatic carbocycles. The molecular formula is C21H32Zr. The van der Waals surface area contributed by atoms with Crippen LogP contribution in [0.3, 0.4) is 0 Å². The molecule has 0 atom stereocenters. The summed E-state index contributed by atoms with van der Waals surface area (Å²) in [6.07, 6.45) is 24.9. The maximum atomic E-state index is 3.16. The van der Waals surface area contributed by atoms with Crippen molar-refractivity contribution < 1.29 is 24.2 Å². The fraction of sp³-hybridized carbons (Fsp3) is 0.571. The number of unbranched alkanes of at least 4 members (excludes halogenated alkanes) is 2. The molecular weight excluding hydrogens is 343 g/mol. The first-order valence-corrected chi connectivity index (χ1v) is 9.86. The molecule has 0 spiro atoms. The van der Waals surface area contributed by atoms with E-state index in [2.05, 4.69) is 64.2 Å². The SMILES string of the molecule is CCCCC1=CC[C-]=C1.CCCCC1=CC[C-]=C1.C[C](C)=[Zr+2]. The second-order valence-electron chi connectivity index (χ2n) is 5.87. The molecule has 0 saturated heterocycles. The molecule has 0 heterocycles. The monoisotopic (exact) mass is 374 g/mol. The molecule has 2 rings (SSSR count). The standard InChI is InChI=1S/2C9H13.C3H6.Zr/c2*1-2-3-6-9-7-4-5-8-9;1-3-2;/h2*7-8H,2-4,6H2,1H3;1-2H3;/q2*-1;;+2. The van der Waals surface area contributed by atoms with Crippen LogP contribution in [0, 0.1) is 12.2 Å². The summed E-state index contributed by atoms with van der Waals surface area (Å²) in [5.41, 5.74) is 2.97. The topological polar surface area (TPSA) is 0 Å². The summed E-state index contributed by atoms with van der Waals surface area (Å²) in [5.74, 6) is 0. The van der Waals surface area contributed by atoms with E-state index in [1.165, 1.54) is 52.9 Å². The molecule has 0 aromatic heterocycles. The van der Waals surface area contributed by atoms with Crippen LogP contribution in [0.4, 0.5) is 0 Å². The number of rotatable bonds is 6. The molecule has 0 fully saturated rings. The Bertz CT molecular complexity index is 370. The van der Waals surface area contributed by atoms with Crippen LogP contribution in [-0.4, -0.2) is 3.21 Å². The molecule has 0 N–H and O–H groups in total. The van der Waals surface area contributed by atoms with Crippen molar-refractivity contribution in [3.05, 3.63) is 47.6 Å². The molecule has 2 aliphatic carbocycles. The first-order chi connectivity index (χ1) is 10.6. The fourth-order valence-corrected chi connectivity index (χ4v) is 1.99. The molecule has 1 heteroatoms. The number of hydrogen-bond acceptors (Lipinski definition) is 0. The Morgan fingerprint density at radius 3 is 1.50 bits per heavy atom. The van der Waals surface area contributed by atoms with E-state index in [0.29, 0.717) is 0 Å². The zero-order chi connectivity index (χ0) is 16.6. The van der Waals surface area contributed by atoms with Crippen LogP contribution in [0.5, 0.6) is 0 Å². The normalized spacial score (nSPS) is 14.6. The van der Waals surface area contributed by atoms with Crippen molar-refractivity contribution in [1.29, 1.82) is 0 Å². The third-order valence-electron chi connectivity index (χ3n) is 3.18. The van der Waals surface area contributed by atoms with Crippen LogP contribution in [0.25, 0.3) is 0 Å². The Labute approximate surface area is 153 Å². The molecule has 0 unspecified atom stereocenters. The van der Waals surface area contributed by atoms with E-state index in [1.54, 1.807) is 24.2 Å². The third kappa shape index (κ3) is 14.6. The Hall–Kier alpha value is -0.287. The predicted octanol–water partition coefficient (Wildman–Crippen LogP) is 6.48. The zero-order valence-electron chi connectivity index (χ0n) is 15.0. The fourth-order valence-electron chi connectivity index (χ4n) is 1.99. The van der Waals surface area contributed by atoms with Gasteiger partial charge in [-0.05, 0) is 0 Å². The van der Waals surface area contributed by atoms with Crippen LogP contribution < -0.4 is 0 Å². The van der Waals surface area contributed by atoms with Gasteiger partial charge < -0.3 is 0 Å². The molecule has 0 radical (unpaired) electrons. The number of allylic oxidation sites excluding steroid dienone is 8. The van der Waals surface area contributed by atoms with E-state index >= 15 is 0 Å². The van der Waals surface area contributed by atoms with Crippen molar-refractivity contribution in [2.24, 2.45) is 0 Å². The van der Waals surface area contributed by atoms with Gasteiger partial charge in [0, 0.05) is 0 Å². The van der Waals surface area contributed by atoms with Gasteiger partial charge in [0.25, 0.3) is 0 Å². The van der Waals surface area contributed by atoms with E-state index in [0.717, 1.165) is 12.8 Å². The molecule has 0 bridgehead atoms. The van der Waals surface area contributed by atoms with Gasteiger partial charge in [0.05, 0.1) is 0 Å². The Kier molecular flexibility index (Phi) is 15.4. The summed E-state index contributed by atoms with van der Waals surface area (Å²) in [5, 5.41) is 0. The van der Waals surface area contributed by atoms with Gasteiger partial charge in [0.2, 0.25) is 0 Å². The van der Waals surface area contributed by atoms with E-state index < -0.39 is 0 Å². The van der Waals surface area contributed by atoms with Crippen LogP contribution >= 0.6 is 0 Å². The van der Waals surface area contributed by atoms with Gasteiger partial charge in [-0.25, -0.2) is 23.3 Å². The van der Waals surface area contributed by atoms with Crippen LogP contribution in [0.15, 0.2) is 35.5 Å². The van der Waals surface area contributed by atoms with E-state index in [1.807, 2.05) is 0 Å². The first kappa shape index (κ1) is 21.7. The van der Waals surface area contributed by atoms with Gasteiger partial charge in [-0.1, -0.05) is 52.4 Å². The minimum absolute atomic E-state index is 1.04. The van der Waals surface area contributed by atoms with Crippen molar-refractivity contribution in [3.8, 4) is 0 Å². The van der Waals surface area contributed by atoms with Crippen LogP contribution in [-0.2, 0) is 24.2 Å². The average Bonchev–Trinajstić information content (AvgIpc) is 3.16. The summed E-state index contributed by atoms with van der Waals surface area (Å²) in [7, 11) is 0. The van der Waals surface area contributed by atoms with Crippen molar-refractivity contribution in [3.63, 3.8) is 0 Å². The maximum absolute atomic E-state index is 3.16. The average molecular weight is 376 g/mol. The second-order valence-corrected chi connectivity index (χ2v) is 8.33. The van der Waals surface area contributed by atoms with Gasteiger partial charge in [-0.2, -0.15) is 12.2 Å². The summed E-state index contributed by atoms with van der Waals surface area (Å²) >= 11 is 1.55. The van der Waals surface area contributed by atoms with Crippen molar-refractivity contribution >= 4 is 3.21 Å². The second kappa shape index (κ2) is 15.6. The molecule has 120 valence electrons.